The van der Waals surface area contributed by atoms with Crippen LogP contribution in [0.15, 0.2) is 30.3 Å². The number of hydrogen-bond acceptors (Lipinski definition) is 3. The zero-order chi connectivity index (χ0) is 13.1. The van der Waals surface area contributed by atoms with Crippen molar-refractivity contribution >= 4 is 23.6 Å². The van der Waals surface area contributed by atoms with Gasteiger partial charge in [0.25, 0.3) is 0 Å². The van der Waals surface area contributed by atoms with Crippen molar-refractivity contribution in [2.24, 2.45) is 5.73 Å². The maximum absolute atomic E-state index is 12.1. The smallest absolute Gasteiger partial charge is 0.241 e. The Balaban J connectivity index is 2.19. The Labute approximate surface area is 111 Å². The van der Waals surface area contributed by atoms with Crippen molar-refractivity contribution in [3.05, 3.63) is 35.9 Å². The first kappa shape index (κ1) is 13.0. The molecule has 1 aliphatic heterocycles. The summed E-state index contributed by atoms with van der Waals surface area (Å²) in [6, 6.07) is 9.14. The number of amides is 2. The highest BCUT2D eigenvalue weighted by atomic mass is 32.2. The van der Waals surface area contributed by atoms with E-state index < -0.39 is 11.9 Å². The highest BCUT2D eigenvalue weighted by Crippen LogP contribution is 2.25. The highest BCUT2D eigenvalue weighted by Gasteiger charge is 2.36. The summed E-state index contributed by atoms with van der Waals surface area (Å²) < 4.78 is 0. The molecule has 2 atom stereocenters. The topological polar surface area (TPSA) is 63.4 Å². The Hall–Kier alpha value is -1.49. The third-order valence-electron chi connectivity index (χ3n) is 3.04. The molecule has 2 amide bonds. The molecule has 0 saturated carbocycles. The molecule has 0 aliphatic carbocycles. The molecule has 2 unspecified atom stereocenters. The molecular weight excluding hydrogens is 248 g/mol. The molecule has 4 nitrogen and oxygen atoms in total. The van der Waals surface area contributed by atoms with Crippen LogP contribution in [0.4, 0.5) is 0 Å². The van der Waals surface area contributed by atoms with Crippen LogP contribution in [0.2, 0.25) is 0 Å². The number of hydrogen-bond donors (Lipinski definition) is 1. The van der Waals surface area contributed by atoms with Crippen LogP contribution in [0.5, 0.6) is 0 Å². The Morgan fingerprint density at radius 1 is 1.44 bits per heavy atom. The maximum atomic E-state index is 12.1. The van der Waals surface area contributed by atoms with Crippen LogP contribution in [-0.4, -0.2) is 33.8 Å². The van der Waals surface area contributed by atoms with E-state index in [0.717, 1.165) is 5.56 Å². The molecule has 0 spiro atoms. The third-order valence-corrected chi connectivity index (χ3v) is 4.25. The summed E-state index contributed by atoms with van der Waals surface area (Å²) in [6.45, 7) is 2.31. The van der Waals surface area contributed by atoms with Gasteiger partial charge in [-0.15, -0.1) is 11.8 Å². The van der Waals surface area contributed by atoms with Gasteiger partial charge in [0.05, 0.1) is 5.25 Å². The van der Waals surface area contributed by atoms with Gasteiger partial charge in [0.2, 0.25) is 11.8 Å². The lowest BCUT2D eigenvalue weighted by molar-refractivity contribution is -0.139. The zero-order valence-electron chi connectivity index (χ0n) is 10.2. The fraction of sp³-hybridized carbons (Fsp3) is 0.385. The lowest BCUT2D eigenvalue weighted by Gasteiger charge is -2.36. The molecule has 1 aliphatic rings. The number of carbonyl (C=O) groups excluding carboxylic acids is 2. The van der Waals surface area contributed by atoms with Crippen LogP contribution in [0.3, 0.4) is 0 Å². The molecule has 18 heavy (non-hydrogen) atoms. The van der Waals surface area contributed by atoms with Crippen molar-refractivity contribution in [3.8, 4) is 0 Å². The number of primary amides is 1. The molecule has 1 aromatic rings. The van der Waals surface area contributed by atoms with Crippen LogP contribution >= 0.6 is 11.8 Å². The van der Waals surface area contributed by atoms with Gasteiger partial charge >= 0.3 is 0 Å². The SMILES string of the molecule is CC1SCC(C(N)=O)N(Cc2ccccc2)C1=O. The number of rotatable bonds is 3. The largest absolute Gasteiger partial charge is 0.368 e. The summed E-state index contributed by atoms with van der Waals surface area (Å²) in [4.78, 5) is 25.2. The van der Waals surface area contributed by atoms with Gasteiger partial charge in [-0.3, -0.25) is 9.59 Å². The lowest BCUT2D eigenvalue weighted by Crippen LogP contribution is -2.54. The molecule has 0 aromatic heterocycles. The normalized spacial score (nSPS) is 24.1. The van der Waals surface area contributed by atoms with E-state index >= 15 is 0 Å². The fourth-order valence-electron chi connectivity index (χ4n) is 1.99. The predicted molar refractivity (Wildman–Crippen MR) is 71.9 cm³/mol. The van der Waals surface area contributed by atoms with Gasteiger partial charge in [-0.1, -0.05) is 30.3 Å². The van der Waals surface area contributed by atoms with E-state index in [9.17, 15) is 9.59 Å². The summed E-state index contributed by atoms with van der Waals surface area (Å²) >= 11 is 1.48. The number of carbonyl (C=O) groups is 2. The van der Waals surface area contributed by atoms with Gasteiger partial charge in [-0.2, -0.15) is 0 Å². The van der Waals surface area contributed by atoms with Gasteiger partial charge in [0, 0.05) is 12.3 Å². The Kier molecular flexibility index (Phi) is 3.91. The molecule has 0 radical (unpaired) electrons. The Bertz CT molecular complexity index is 450. The molecule has 1 saturated heterocycles. The highest BCUT2D eigenvalue weighted by molar-refractivity contribution is 8.00. The molecule has 96 valence electrons. The number of nitrogens with two attached hydrogens (primary N) is 1. The van der Waals surface area contributed by atoms with E-state index in [1.807, 2.05) is 37.3 Å². The molecule has 1 heterocycles. The first-order valence-corrected chi connectivity index (χ1v) is 6.90. The minimum atomic E-state index is -0.501. The predicted octanol–water partition coefficient (Wildman–Crippen LogP) is 1.00. The van der Waals surface area contributed by atoms with Crippen molar-refractivity contribution < 1.29 is 9.59 Å². The van der Waals surface area contributed by atoms with Crippen molar-refractivity contribution in [2.75, 3.05) is 5.75 Å². The standard InChI is InChI=1S/C13H16N2O2S/c1-9-13(17)15(11(8-18-9)12(14)16)7-10-5-3-2-4-6-10/h2-6,9,11H,7-8H2,1H3,(H2,14,16). The number of thioether (sulfide) groups is 1. The van der Waals surface area contributed by atoms with Crippen LogP contribution < -0.4 is 5.73 Å². The summed E-state index contributed by atoms with van der Waals surface area (Å²) in [6.07, 6.45) is 0. The van der Waals surface area contributed by atoms with E-state index in [1.165, 1.54) is 11.8 Å². The summed E-state index contributed by atoms with van der Waals surface area (Å²) in [7, 11) is 0. The van der Waals surface area contributed by atoms with E-state index in [4.69, 9.17) is 5.73 Å². The van der Waals surface area contributed by atoms with E-state index in [1.54, 1.807) is 4.90 Å². The molecule has 2 rings (SSSR count). The van der Waals surface area contributed by atoms with E-state index in [2.05, 4.69) is 0 Å². The molecule has 2 N–H and O–H groups in total. The number of nitrogens with zero attached hydrogens (tertiary/aromatic N) is 1. The average molecular weight is 264 g/mol. The van der Waals surface area contributed by atoms with Crippen molar-refractivity contribution in [1.82, 2.24) is 4.90 Å². The van der Waals surface area contributed by atoms with Crippen LogP contribution in [0.1, 0.15) is 12.5 Å². The van der Waals surface area contributed by atoms with Crippen molar-refractivity contribution in [2.45, 2.75) is 24.8 Å². The molecule has 1 aromatic carbocycles. The summed E-state index contributed by atoms with van der Waals surface area (Å²) in [5.41, 5.74) is 6.38. The quantitative estimate of drug-likeness (QED) is 0.886. The fourth-order valence-corrected chi connectivity index (χ4v) is 3.08. The summed E-state index contributed by atoms with van der Waals surface area (Å²) in [5.74, 6) is 0.132. The maximum Gasteiger partial charge on any atom is 0.241 e. The van der Waals surface area contributed by atoms with Crippen molar-refractivity contribution in [3.63, 3.8) is 0 Å². The third kappa shape index (κ3) is 2.67. The second-order valence-corrected chi connectivity index (χ2v) is 5.72. The van der Waals surface area contributed by atoms with Gasteiger partial charge < -0.3 is 10.6 Å². The van der Waals surface area contributed by atoms with Crippen LogP contribution in [-0.2, 0) is 16.1 Å². The first-order valence-electron chi connectivity index (χ1n) is 5.85. The summed E-state index contributed by atoms with van der Waals surface area (Å²) in [5, 5.41) is -0.107. The first-order chi connectivity index (χ1) is 8.59. The lowest BCUT2D eigenvalue weighted by atomic mass is 10.1. The monoisotopic (exact) mass is 264 g/mol. The van der Waals surface area contributed by atoms with E-state index in [-0.39, 0.29) is 11.2 Å². The molecule has 5 heteroatoms. The Morgan fingerprint density at radius 2 is 2.11 bits per heavy atom. The number of benzene rings is 1. The second kappa shape index (κ2) is 5.44. The molecule has 0 bridgehead atoms. The van der Waals surface area contributed by atoms with Gasteiger partial charge in [0.15, 0.2) is 0 Å². The van der Waals surface area contributed by atoms with Gasteiger partial charge in [0.1, 0.15) is 6.04 Å². The van der Waals surface area contributed by atoms with Crippen LogP contribution in [0.25, 0.3) is 0 Å². The Morgan fingerprint density at radius 3 is 2.72 bits per heavy atom. The molecule has 1 fully saturated rings. The minimum Gasteiger partial charge on any atom is -0.368 e. The molecular formula is C13H16N2O2S. The second-order valence-electron chi connectivity index (χ2n) is 4.35. The minimum absolute atomic E-state index is 0.0149. The van der Waals surface area contributed by atoms with Gasteiger partial charge in [-0.25, -0.2) is 0 Å². The van der Waals surface area contributed by atoms with Crippen molar-refractivity contribution in [1.29, 1.82) is 0 Å². The van der Waals surface area contributed by atoms with Crippen LogP contribution in [0, 0.1) is 0 Å². The van der Waals surface area contributed by atoms with Gasteiger partial charge in [-0.05, 0) is 12.5 Å². The zero-order valence-corrected chi connectivity index (χ0v) is 11.0. The van der Waals surface area contributed by atoms with E-state index in [0.29, 0.717) is 12.3 Å². The average Bonchev–Trinajstić information content (AvgIpc) is 2.36.